The summed E-state index contributed by atoms with van der Waals surface area (Å²) in [6, 6.07) is 18.5. The maximum atomic E-state index is 12.9. The van der Waals surface area contributed by atoms with Crippen molar-refractivity contribution >= 4 is 35.1 Å². The number of ether oxygens (including phenoxy) is 4. The van der Waals surface area contributed by atoms with Gasteiger partial charge in [-0.15, -0.1) is 0 Å². The molecule has 0 fully saturated rings. The first-order valence-corrected chi connectivity index (χ1v) is 12.0. The van der Waals surface area contributed by atoms with Crippen LogP contribution in [-0.2, 0) is 32.3 Å². The highest BCUT2D eigenvalue weighted by molar-refractivity contribution is 6.31. The zero-order valence-electron chi connectivity index (χ0n) is 20.0. The van der Waals surface area contributed by atoms with Gasteiger partial charge in [0.15, 0.2) is 17.5 Å². The Bertz CT molecular complexity index is 1190. The number of carbonyl (C=O) groups excluding carboxylic acids is 2. The highest BCUT2D eigenvalue weighted by atomic mass is 35.5. The number of benzene rings is 3. The molecule has 1 amide bonds. The first-order valence-electron chi connectivity index (χ1n) is 11.2. The number of hydrogen-bond acceptors (Lipinski definition) is 6. The molecule has 0 heterocycles. The summed E-state index contributed by atoms with van der Waals surface area (Å²) >= 11 is 12.6. The maximum Gasteiger partial charge on any atom is 0.333 e. The molecule has 0 saturated heterocycles. The quantitative estimate of drug-likeness (QED) is 0.310. The van der Waals surface area contributed by atoms with E-state index < -0.39 is 17.9 Å². The fraction of sp³-hybridized carbons (Fsp3) is 0.259. The van der Waals surface area contributed by atoms with Gasteiger partial charge in [-0.3, -0.25) is 4.79 Å². The molecule has 0 saturated carbocycles. The Hall–Kier alpha value is -3.26. The largest absolute Gasteiger partial charge is 0.485 e. The molecule has 0 aliphatic rings. The Labute approximate surface area is 220 Å². The average molecular weight is 532 g/mol. The Morgan fingerprint density at radius 2 is 1.47 bits per heavy atom. The minimum atomic E-state index is -1.15. The SMILES string of the molecule is CCOC(=O)C(NC(=O)COC)c1cccc(OCc2ccccc2Cl)c1OCc1ccccc1Cl. The molecule has 1 unspecified atom stereocenters. The minimum absolute atomic E-state index is 0.0979. The van der Waals surface area contributed by atoms with Crippen LogP contribution >= 0.6 is 23.2 Å². The molecule has 3 aromatic carbocycles. The van der Waals surface area contributed by atoms with E-state index in [-0.39, 0.29) is 32.2 Å². The molecule has 0 aliphatic heterocycles. The summed E-state index contributed by atoms with van der Waals surface area (Å²) in [6.45, 7) is 1.85. The van der Waals surface area contributed by atoms with E-state index in [9.17, 15) is 9.59 Å². The number of carbonyl (C=O) groups is 2. The summed E-state index contributed by atoms with van der Waals surface area (Å²) in [5.41, 5.74) is 1.88. The van der Waals surface area contributed by atoms with Gasteiger partial charge in [0.05, 0.1) is 6.61 Å². The van der Waals surface area contributed by atoms with E-state index in [2.05, 4.69) is 5.32 Å². The highest BCUT2D eigenvalue weighted by Crippen LogP contribution is 2.37. The Morgan fingerprint density at radius 3 is 2.06 bits per heavy atom. The zero-order valence-corrected chi connectivity index (χ0v) is 21.5. The van der Waals surface area contributed by atoms with E-state index in [1.54, 1.807) is 37.3 Å². The normalized spacial score (nSPS) is 11.4. The van der Waals surface area contributed by atoms with Crippen molar-refractivity contribution in [3.05, 3.63) is 93.5 Å². The van der Waals surface area contributed by atoms with Gasteiger partial charge in [-0.2, -0.15) is 0 Å². The average Bonchev–Trinajstić information content (AvgIpc) is 2.87. The van der Waals surface area contributed by atoms with E-state index in [4.69, 9.17) is 42.1 Å². The number of halogens is 2. The standard InChI is InChI=1S/C27H27Cl2NO6/c1-3-34-27(32)25(30-24(31)17-33-2)20-11-8-14-23(35-15-18-9-4-6-12-21(18)28)26(20)36-16-19-10-5-7-13-22(19)29/h4-14,25H,3,15-17H2,1-2H3,(H,30,31). The molecule has 0 radical (unpaired) electrons. The summed E-state index contributed by atoms with van der Waals surface area (Å²) in [7, 11) is 1.39. The lowest BCUT2D eigenvalue weighted by molar-refractivity contribution is -0.148. The Balaban J connectivity index is 2.00. The van der Waals surface area contributed by atoms with Gasteiger partial charge >= 0.3 is 5.97 Å². The van der Waals surface area contributed by atoms with Gasteiger partial charge in [-0.05, 0) is 25.1 Å². The van der Waals surface area contributed by atoms with Crippen LogP contribution in [-0.4, -0.2) is 32.2 Å². The summed E-state index contributed by atoms with van der Waals surface area (Å²) in [4.78, 5) is 25.2. The van der Waals surface area contributed by atoms with Crippen molar-refractivity contribution in [1.82, 2.24) is 5.32 Å². The minimum Gasteiger partial charge on any atom is -0.485 e. The molecular formula is C27H27Cl2NO6. The van der Waals surface area contributed by atoms with Gasteiger partial charge in [0, 0.05) is 33.8 Å². The zero-order chi connectivity index (χ0) is 25.9. The summed E-state index contributed by atoms with van der Waals surface area (Å²) in [5, 5.41) is 3.75. The van der Waals surface area contributed by atoms with Crippen LogP contribution in [0.4, 0.5) is 0 Å². The lowest BCUT2D eigenvalue weighted by Crippen LogP contribution is -2.37. The molecule has 3 rings (SSSR count). The number of para-hydroxylation sites is 1. The van der Waals surface area contributed by atoms with Gasteiger partial charge in [0.1, 0.15) is 19.8 Å². The Morgan fingerprint density at radius 1 is 0.861 bits per heavy atom. The van der Waals surface area contributed by atoms with Crippen LogP contribution in [0.25, 0.3) is 0 Å². The molecule has 190 valence electrons. The second kappa shape index (κ2) is 13.7. The lowest BCUT2D eigenvalue weighted by atomic mass is 10.0. The molecule has 3 aromatic rings. The lowest BCUT2D eigenvalue weighted by Gasteiger charge is -2.23. The second-order valence-electron chi connectivity index (χ2n) is 7.62. The number of esters is 1. The first kappa shape index (κ1) is 27.3. The van der Waals surface area contributed by atoms with Crippen LogP contribution in [0.5, 0.6) is 11.5 Å². The number of amides is 1. The second-order valence-corrected chi connectivity index (χ2v) is 8.43. The number of rotatable bonds is 12. The van der Waals surface area contributed by atoms with Gasteiger partial charge in [-0.1, -0.05) is 71.7 Å². The third-order valence-corrected chi connectivity index (χ3v) is 5.83. The van der Waals surface area contributed by atoms with Crippen molar-refractivity contribution in [1.29, 1.82) is 0 Å². The summed E-state index contributed by atoms with van der Waals surface area (Å²) in [5.74, 6) is -0.516. The van der Waals surface area contributed by atoms with Gasteiger partial charge in [0.2, 0.25) is 5.91 Å². The van der Waals surface area contributed by atoms with Gasteiger partial charge in [-0.25, -0.2) is 4.79 Å². The molecule has 9 heteroatoms. The van der Waals surface area contributed by atoms with Crippen molar-refractivity contribution in [2.45, 2.75) is 26.2 Å². The predicted molar refractivity (Wildman–Crippen MR) is 137 cm³/mol. The third-order valence-electron chi connectivity index (χ3n) is 5.09. The molecule has 1 N–H and O–H groups in total. The fourth-order valence-corrected chi connectivity index (χ4v) is 3.77. The van der Waals surface area contributed by atoms with E-state index in [1.807, 2.05) is 36.4 Å². The molecule has 7 nitrogen and oxygen atoms in total. The number of methoxy groups -OCH3 is 1. The van der Waals surface area contributed by atoms with Gasteiger partial charge < -0.3 is 24.3 Å². The molecule has 0 aliphatic carbocycles. The number of nitrogens with one attached hydrogen (secondary N) is 1. The first-order chi connectivity index (χ1) is 17.4. The summed E-state index contributed by atoms with van der Waals surface area (Å²) in [6.07, 6.45) is 0. The smallest absolute Gasteiger partial charge is 0.333 e. The fourth-order valence-electron chi connectivity index (χ4n) is 3.39. The van der Waals surface area contributed by atoms with Crippen LogP contribution in [0, 0.1) is 0 Å². The third kappa shape index (κ3) is 7.37. The van der Waals surface area contributed by atoms with Crippen molar-refractivity contribution < 1.29 is 28.5 Å². The number of hydrogen-bond donors (Lipinski definition) is 1. The van der Waals surface area contributed by atoms with Crippen LogP contribution in [0.1, 0.15) is 29.7 Å². The van der Waals surface area contributed by atoms with Crippen LogP contribution in [0.3, 0.4) is 0 Å². The van der Waals surface area contributed by atoms with E-state index in [1.165, 1.54) is 7.11 Å². The monoisotopic (exact) mass is 531 g/mol. The van der Waals surface area contributed by atoms with Crippen molar-refractivity contribution in [2.24, 2.45) is 0 Å². The highest BCUT2D eigenvalue weighted by Gasteiger charge is 2.29. The Kier molecular flexibility index (Phi) is 10.4. The molecule has 0 spiro atoms. The maximum absolute atomic E-state index is 12.9. The van der Waals surface area contributed by atoms with Gasteiger partial charge in [0.25, 0.3) is 0 Å². The molecule has 0 aromatic heterocycles. The van der Waals surface area contributed by atoms with Crippen LogP contribution in [0.15, 0.2) is 66.7 Å². The molecule has 36 heavy (non-hydrogen) atoms. The van der Waals surface area contributed by atoms with E-state index >= 15 is 0 Å². The van der Waals surface area contributed by atoms with Crippen LogP contribution < -0.4 is 14.8 Å². The van der Waals surface area contributed by atoms with Crippen molar-refractivity contribution in [3.8, 4) is 11.5 Å². The topological polar surface area (TPSA) is 83.1 Å². The van der Waals surface area contributed by atoms with E-state index in [0.717, 1.165) is 11.1 Å². The van der Waals surface area contributed by atoms with E-state index in [0.29, 0.717) is 21.4 Å². The van der Waals surface area contributed by atoms with Crippen molar-refractivity contribution in [3.63, 3.8) is 0 Å². The summed E-state index contributed by atoms with van der Waals surface area (Å²) < 4.78 is 22.4. The van der Waals surface area contributed by atoms with Crippen molar-refractivity contribution in [2.75, 3.05) is 20.3 Å². The molecule has 0 bridgehead atoms. The predicted octanol–water partition coefficient (Wildman–Crippen LogP) is 5.52. The van der Waals surface area contributed by atoms with Crippen LogP contribution in [0.2, 0.25) is 10.0 Å². The molecular weight excluding hydrogens is 505 g/mol. The molecule has 1 atom stereocenters.